The van der Waals surface area contributed by atoms with E-state index in [2.05, 4.69) is 4.98 Å². The summed E-state index contributed by atoms with van der Waals surface area (Å²) in [6, 6.07) is 7.78. The molecule has 0 unspecified atom stereocenters. The molecule has 1 saturated heterocycles. The molecule has 1 aliphatic rings. The van der Waals surface area contributed by atoms with Crippen LogP contribution in [-0.2, 0) is 14.9 Å². The number of aromatic nitrogens is 1. The van der Waals surface area contributed by atoms with Gasteiger partial charge in [-0.1, -0.05) is 18.2 Å². The van der Waals surface area contributed by atoms with E-state index in [4.69, 9.17) is 9.31 Å². The van der Waals surface area contributed by atoms with E-state index in [1.54, 1.807) is 20.0 Å². The Kier molecular flexibility index (Phi) is 3.60. The van der Waals surface area contributed by atoms with E-state index >= 15 is 0 Å². The zero-order valence-corrected chi connectivity index (χ0v) is 14.7. The summed E-state index contributed by atoms with van der Waals surface area (Å²) in [7, 11) is -0.442. The van der Waals surface area contributed by atoms with Gasteiger partial charge in [0.25, 0.3) is 0 Å². The second kappa shape index (κ2) is 5.03. The Morgan fingerprint density at radius 2 is 1.65 bits per heavy atom. The second-order valence-electron chi connectivity index (χ2n) is 7.75. The molecule has 1 aromatic heterocycles. The third-order valence-electron chi connectivity index (χ3n) is 4.97. The van der Waals surface area contributed by atoms with Gasteiger partial charge >= 0.3 is 7.12 Å². The molecule has 3 rings (SSSR count). The molecule has 4 nitrogen and oxygen atoms in total. The van der Waals surface area contributed by atoms with Crippen LogP contribution in [0.15, 0.2) is 30.5 Å². The fourth-order valence-corrected chi connectivity index (χ4v) is 2.86. The van der Waals surface area contributed by atoms with Crippen LogP contribution in [0.3, 0.4) is 0 Å². The first-order valence-corrected chi connectivity index (χ1v) is 7.99. The van der Waals surface area contributed by atoms with Crippen molar-refractivity contribution in [2.45, 2.75) is 58.3 Å². The standard InChI is InChI=1S/C18H24BNO3/c1-16(2,21)13-9-10-14(12-8-7-11-20-15(12)13)19-22-17(3,4)18(5,6)23-19/h7-11,21H,1-6H3. The SMILES string of the molecule is CC(C)(O)c1ccc(B2OC(C)(C)C(C)(C)O2)c2cccnc12. The molecular weight excluding hydrogens is 289 g/mol. The van der Waals surface area contributed by atoms with Gasteiger partial charge in [0.1, 0.15) is 0 Å². The van der Waals surface area contributed by atoms with Crippen LogP contribution in [0.4, 0.5) is 0 Å². The van der Waals surface area contributed by atoms with Gasteiger partial charge in [-0.05, 0) is 53.1 Å². The van der Waals surface area contributed by atoms with Gasteiger partial charge in [-0.25, -0.2) is 0 Å². The van der Waals surface area contributed by atoms with E-state index in [0.29, 0.717) is 0 Å². The number of hydrogen-bond donors (Lipinski definition) is 1. The molecule has 23 heavy (non-hydrogen) atoms. The highest BCUT2D eigenvalue weighted by Crippen LogP contribution is 2.37. The third kappa shape index (κ3) is 2.67. The van der Waals surface area contributed by atoms with Gasteiger partial charge in [0.15, 0.2) is 0 Å². The van der Waals surface area contributed by atoms with Crippen molar-refractivity contribution in [2.75, 3.05) is 0 Å². The Labute approximate surface area is 138 Å². The van der Waals surface area contributed by atoms with Gasteiger partial charge in [0.05, 0.1) is 22.3 Å². The molecule has 0 aliphatic carbocycles. The fourth-order valence-electron chi connectivity index (χ4n) is 2.86. The smallest absolute Gasteiger partial charge is 0.399 e. The van der Waals surface area contributed by atoms with Crippen molar-refractivity contribution in [3.05, 3.63) is 36.0 Å². The summed E-state index contributed by atoms with van der Waals surface area (Å²) in [5, 5.41) is 11.4. The molecular formula is C18H24BNO3. The molecule has 0 amide bonds. The van der Waals surface area contributed by atoms with Crippen LogP contribution in [0.5, 0.6) is 0 Å². The molecule has 1 N–H and O–H groups in total. The van der Waals surface area contributed by atoms with Crippen LogP contribution in [0.25, 0.3) is 10.9 Å². The zero-order valence-electron chi connectivity index (χ0n) is 14.7. The molecule has 0 atom stereocenters. The average molecular weight is 313 g/mol. The Morgan fingerprint density at radius 3 is 2.22 bits per heavy atom. The number of aliphatic hydroxyl groups is 1. The summed E-state index contributed by atoms with van der Waals surface area (Å²) in [4.78, 5) is 4.48. The molecule has 2 heterocycles. The number of hydrogen-bond acceptors (Lipinski definition) is 4. The lowest BCUT2D eigenvalue weighted by Gasteiger charge is -2.32. The summed E-state index contributed by atoms with van der Waals surface area (Å²) in [5.74, 6) is 0. The van der Waals surface area contributed by atoms with Gasteiger partial charge in [-0.2, -0.15) is 0 Å². The monoisotopic (exact) mass is 313 g/mol. The topological polar surface area (TPSA) is 51.6 Å². The van der Waals surface area contributed by atoms with Crippen molar-refractivity contribution in [2.24, 2.45) is 0 Å². The quantitative estimate of drug-likeness (QED) is 0.866. The molecule has 0 bridgehead atoms. The summed E-state index contributed by atoms with van der Waals surface area (Å²) in [6.45, 7) is 11.7. The Balaban J connectivity index is 2.15. The van der Waals surface area contributed by atoms with Crippen molar-refractivity contribution in [3.63, 3.8) is 0 Å². The van der Waals surface area contributed by atoms with Crippen molar-refractivity contribution in [3.8, 4) is 0 Å². The van der Waals surface area contributed by atoms with Crippen molar-refractivity contribution < 1.29 is 14.4 Å². The Morgan fingerprint density at radius 1 is 1.04 bits per heavy atom. The predicted octanol–water partition coefficient (Wildman–Crippen LogP) is 2.76. The molecule has 5 heteroatoms. The normalized spacial score (nSPS) is 20.2. The van der Waals surface area contributed by atoms with Crippen LogP contribution in [-0.4, -0.2) is 28.4 Å². The van der Waals surface area contributed by atoms with Crippen LogP contribution in [0.2, 0.25) is 0 Å². The minimum absolute atomic E-state index is 0.388. The molecule has 0 saturated carbocycles. The average Bonchev–Trinajstić information content (AvgIpc) is 2.65. The number of pyridine rings is 1. The van der Waals surface area contributed by atoms with Crippen molar-refractivity contribution in [1.82, 2.24) is 4.98 Å². The van der Waals surface area contributed by atoms with E-state index in [-0.39, 0.29) is 11.2 Å². The highest BCUT2D eigenvalue weighted by molar-refractivity contribution is 6.65. The third-order valence-corrected chi connectivity index (χ3v) is 4.97. The van der Waals surface area contributed by atoms with Crippen molar-refractivity contribution in [1.29, 1.82) is 0 Å². The van der Waals surface area contributed by atoms with Gasteiger partial charge in [-0.3, -0.25) is 4.98 Å². The summed E-state index contributed by atoms with van der Waals surface area (Å²) in [6.07, 6.45) is 1.74. The number of benzene rings is 1. The van der Waals surface area contributed by atoms with Gasteiger partial charge < -0.3 is 14.4 Å². The Hall–Kier alpha value is -1.43. The lowest BCUT2D eigenvalue weighted by Crippen LogP contribution is -2.41. The highest BCUT2D eigenvalue weighted by atomic mass is 16.7. The van der Waals surface area contributed by atoms with Gasteiger partial charge in [0.2, 0.25) is 0 Å². The van der Waals surface area contributed by atoms with E-state index in [0.717, 1.165) is 21.9 Å². The zero-order chi connectivity index (χ0) is 17.0. The summed E-state index contributed by atoms with van der Waals surface area (Å²) in [5.41, 5.74) is 0.795. The first-order valence-electron chi connectivity index (χ1n) is 7.99. The van der Waals surface area contributed by atoms with Crippen LogP contribution in [0.1, 0.15) is 47.1 Å². The predicted molar refractivity (Wildman–Crippen MR) is 92.7 cm³/mol. The van der Waals surface area contributed by atoms with Crippen LogP contribution >= 0.6 is 0 Å². The number of nitrogens with zero attached hydrogens (tertiary/aromatic N) is 1. The van der Waals surface area contributed by atoms with Crippen LogP contribution < -0.4 is 5.46 Å². The lowest BCUT2D eigenvalue weighted by molar-refractivity contribution is 0.00578. The van der Waals surface area contributed by atoms with Crippen molar-refractivity contribution >= 4 is 23.5 Å². The summed E-state index contributed by atoms with van der Waals surface area (Å²) >= 11 is 0. The second-order valence-corrected chi connectivity index (χ2v) is 7.75. The minimum Gasteiger partial charge on any atom is -0.399 e. The maximum atomic E-state index is 10.4. The molecule has 122 valence electrons. The lowest BCUT2D eigenvalue weighted by atomic mass is 9.75. The molecule has 0 spiro atoms. The molecule has 2 aromatic rings. The van der Waals surface area contributed by atoms with E-state index < -0.39 is 12.7 Å². The van der Waals surface area contributed by atoms with Gasteiger partial charge in [0, 0.05) is 17.1 Å². The molecule has 1 fully saturated rings. The maximum absolute atomic E-state index is 10.4. The highest BCUT2D eigenvalue weighted by Gasteiger charge is 2.52. The number of rotatable bonds is 2. The van der Waals surface area contributed by atoms with E-state index in [1.807, 2.05) is 52.0 Å². The van der Waals surface area contributed by atoms with E-state index in [9.17, 15) is 5.11 Å². The minimum atomic E-state index is -0.957. The number of fused-ring (bicyclic) bond motifs is 1. The molecule has 1 aliphatic heterocycles. The first kappa shape index (κ1) is 16.4. The molecule has 0 radical (unpaired) electrons. The van der Waals surface area contributed by atoms with Crippen LogP contribution in [0, 0.1) is 0 Å². The summed E-state index contributed by atoms with van der Waals surface area (Å²) < 4.78 is 12.3. The molecule has 1 aromatic carbocycles. The fraction of sp³-hybridized carbons (Fsp3) is 0.500. The Bertz CT molecular complexity index is 734. The van der Waals surface area contributed by atoms with E-state index in [1.165, 1.54) is 0 Å². The maximum Gasteiger partial charge on any atom is 0.495 e. The largest absolute Gasteiger partial charge is 0.495 e. The first-order chi connectivity index (χ1) is 10.5. The van der Waals surface area contributed by atoms with Gasteiger partial charge in [-0.15, -0.1) is 0 Å².